The Hall–Kier alpha value is -4.00. The topological polar surface area (TPSA) is 112 Å². The van der Waals surface area contributed by atoms with E-state index < -0.39 is 23.8 Å². The van der Waals surface area contributed by atoms with E-state index in [4.69, 9.17) is 0 Å². The van der Waals surface area contributed by atoms with Gasteiger partial charge >= 0.3 is 11.9 Å². The highest BCUT2D eigenvalue weighted by Gasteiger charge is 2.39. The molecule has 0 fully saturated rings. The first-order valence-electron chi connectivity index (χ1n) is 7.92. The number of carboxylic acid groups (broad SMARTS) is 2. The van der Waals surface area contributed by atoms with Crippen LogP contribution in [-0.2, 0) is 0 Å². The zero-order chi connectivity index (χ0) is 19.3. The van der Waals surface area contributed by atoms with Gasteiger partial charge in [0.05, 0.1) is 27.9 Å². The molecule has 0 unspecified atom stereocenters. The van der Waals surface area contributed by atoms with Crippen LogP contribution in [0, 0.1) is 0 Å². The van der Waals surface area contributed by atoms with Gasteiger partial charge in [-0.05, 0) is 29.7 Å². The molecule has 27 heavy (non-hydrogen) atoms. The third-order valence-corrected chi connectivity index (χ3v) is 4.49. The van der Waals surface area contributed by atoms with Crippen LogP contribution in [0.1, 0.15) is 41.4 Å². The summed E-state index contributed by atoms with van der Waals surface area (Å²) in [5.41, 5.74) is -0.282. The minimum atomic E-state index is -1.38. The van der Waals surface area contributed by atoms with E-state index in [2.05, 4.69) is 0 Å². The quantitative estimate of drug-likeness (QED) is 0.694. The van der Waals surface area contributed by atoms with E-state index >= 15 is 0 Å². The van der Waals surface area contributed by atoms with E-state index in [1.54, 1.807) is 30.3 Å². The summed E-state index contributed by atoms with van der Waals surface area (Å²) in [6, 6.07) is 13.5. The molecule has 1 aliphatic heterocycles. The fraction of sp³-hybridized carbons (Fsp3) is 0. The van der Waals surface area contributed by atoms with Crippen LogP contribution in [0.2, 0.25) is 0 Å². The minimum Gasteiger partial charge on any atom is -0.478 e. The molecule has 7 heteroatoms. The number of benzene rings is 3. The summed E-state index contributed by atoms with van der Waals surface area (Å²) in [4.78, 5) is 50.1. The average molecular weight is 361 g/mol. The molecule has 0 bridgehead atoms. The lowest BCUT2D eigenvalue weighted by Crippen LogP contribution is -2.29. The second-order valence-electron chi connectivity index (χ2n) is 5.97. The number of hydrogen-bond donors (Lipinski definition) is 2. The van der Waals surface area contributed by atoms with Crippen molar-refractivity contribution in [2.75, 3.05) is 4.90 Å². The Labute approximate surface area is 152 Å². The Bertz CT molecular complexity index is 1170. The highest BCUT2D eigenvalue weighted by atomic mass is 16.4. The Balaban J connectivity index is 2.08. The van der Waals surface area contributed by atoms with Gasteiger partial charge in [-0.25, -0.2) is 14.5 Å². The number of fused-ring (bicyclic) bond motifs is 3. The SMILES string of the molecule is O=C(O)c1cccc2c3c(cc(C(=O)O)c12)C(=O)N(c1ccccc1)C3=O. The number of carbonyl (C=O) groups excluding carboxylic acids is 2. The molecular weight excluding hydrogens is 350 g/mol. The first-order valence-corrected chi connectivity index (χ1v) is 7.92. The summed E-state index contributed by atoms with van der Waals surface area (Å²) in [5, 5.41) is 19.0. The number of hydrogen-bond acceptors (Lipinski definition) is 4. The van der Waals surface area contributed by atoms with Crippen LogP contribution < -0.4 is 4.90 Å². The van der Waals surface area contributed by atoms with Gasteiger partial charge in [0, 0.05) is 5.39 Å². The van der Waals surface area contributed by atoms with Crippen molar-refractivity contribution >= 4 is 40.2 Å². The fourth-order valence-corrected chi connectivity index (χ4v) is 3.37. The summed E-state index contributed by atoms with van der Waals surface area (Å²) in [6.45, 7) is 0. The number of amides is 2. The van der Waals surface area contributed by atoms with E-state index in [9.17, 15) is 29.4 Å². The summed E-state index contributed by atoms with van der Waals surface area (Å²) >= 11 is 0. The normalized spacial score (nSPS) is 13.1. The first kappa shape index (κ1) is 16.5. The molecule has 0 saturated carbocycles. The van der Waals surface area contributed by atoms with E-state index in [-0.39, 0.29) is 33.0 Å². The maximum atomic E-state index is 13.0. The number of carbonyl (C=O) groups is 4. The molecule has 3 aromatic rings. The molecule has 4 rings (SSSR count). The minimum absolute atomic E-state index is 0.00644. The fourth-order valence-electron chi connectivity index (χ4n) is 3.37. The number of carboxylic acids is 2. The zero-order valence-electron chi connectivity index (χ0n) is 13.7. The largest absolute Gasteiger partial charge is 0.478 e. The standard InChI is InChI=1S/C20H11NO6/c22-17-13-9-14(20(26)27)15-11(7-4-8-12(15)19(24)25)16(13)18(23)21(17)10-5-2-1-3-6-10/h1-9H,(H,24,25)(H,26,27). The van der Waals surface area contributed by atoms with E-state index in [1.807, 2.05) is 0 Å². The van der Waals surface area contributed by atoms with Gasteiger partial charge in [0.2, 0.25) is 0 Å². The monoisotopic (exact) mass is 361 g/mol. The maximum Gasteiger partial charge on any atom is 0.336 e. The number of aromatic carboxylic acids is 2. The van der Waals surface area contributed by atoms with Crippen molar-refractivity contribution < 1.29 is 29.4 Å². The van der Waals surface area contributed by atoms with Gasteiger partial charge in [0.1, 0.15) is 0 Å². The molecule has 0 aromatic heterocycles. The second-order valence-corrected chi connectivity index (χ2v) is 5.97. The molecule has 2 N–H and O–H groups in total. The smallest absolute Gasteiger partial charge is 0.336 e. The molecule has 1 heterocycles. The van der Waals surface area contributed by atoms with Crippen molar-refractivity contribution in [3.63, 3.8) is 0 Å². The predicted molar refractivity (Wildman–Crippen MR) is 95.4 cm³/mol. The summed E-state index contributed by atoms with van der Waals surface area (Å²) in [5.74, 6) is -3.97. The second kappa shape index (κ2) is 5.77. The van der Waals surface area contributed by atoms with Gasteiger partial charge < -0.3 is 10.2 Å². The number of anilines is 1. The molecule has 0 saturated heterocycles. The third-order valence-electron chi connectivity index (χ3n) is 4.49. The Morgan fingerprint density at radius 2 is 1.44 bits per heavy atom. The van der Waals surface area contributed by atoms with Crippen LogP contribution in [0.3, 0.4) is 0 Å². The van der Waals surface area contributed by atoms with Gasteiger partial charge in [-0.2, -0.15) is 0 Å². The Morgan fingerprint density at radius 3 is 2.07 bits per heavy atom. The lowest BCUT2D eigenvalue weighted by Gasteiger charge is -2.13. The molecule has 132 valence electrons. The highest BCUT2D eigenvalue weighted by molar-refractivity contribution is 6.39. The molecule has 7 nitrogen and oxygen atoms in total. The highest BCUT2D eigenvalue weighted by Crippen LogP contribution is 2.36. The number of rotatable bonds is 3. The first-order chi connectivity index (χ1) is 12.9. The lowest BCUT2D eigenvalue weighted by atomic mass is 9.92. The van der Waals surface area contributed by atoms with Gasteiger partial charge in [-0.1, -0.05) is 30.3 Å². The third kappa shape index (κ3) is 2.29. The molecule has 0 radical (unpaired) electrons. The zero-order valence-corrected chi connectivity index (χ0v) is 13.7. The molecule has 1 aliphatic rings. The number of nitrogens with zero attached hydrogens (tertiary/aromatic N) is 1. The van der Waals surface area contributed by atoms with Crippen molar-refractivity contribution in [3.8, 4) is 0 Å². The van der Waals surface area contributed by atoms with Gasteiger partial charge in [0.25, 0.3) is 11.8 Å². The average Bonchev–Trinajstić information content (AvgIpc) is 2.91. The van der Waals surface area contributed by atoms with Gasteiger partial charge in [0.15, 0.2) is 0 Å². The molecule has 0 aliphatic carbocycles. The van der Waals surface area contributed by atoms with Gasteiger partial charge in [-0.15, -0.1) is 0 Å². The van der Waals surface area contributed by atoms with Crippen molar-refractivity contribution in [2.45, 2.75) is 0 Å². The van der Waals surface area contributed by atoms with Crippen molar-refractivity contribution in [1.82, 2.24) is 0 Å². The van der Waals surface area contributed by atoms with Crippen molar-refractivity contribution in [2.24, 2.45) is 0 Å². The Kier molecular flexibility index (Phi) is 3.52. The maximum absolute atomic E-state index is 13.0. The number of imide groups is 1. The van der Waals surface area contributed by atoms with Crippen LogP contribution in [0.15, 0.2) is 54.6 Å². The van der Waals surface area contributed by atoms with Crippen molar-refractivity contribution in [3.05, 3.63) is 76.9 Å². The molecule has 0 atom stereocenters. The van der Waals surface area contributed by atoms with Crippen LogP contribution in [0.25, 0.3) is 10.8 Å². The van der Waals surface area contributed by atoms with Crippen molar-refractivity contribution in [1.29, 1.82) is 0 Å². The summed E-state index contributed by atoms with van der Waals surface area (Å²) < 4.78 is 0. The lowest BCUT2D eigenvalue weighted by molar-refractivity contribution is 0.0695. The van der Waals surface area contributed by atoms with Gasteiger partial charge in [-0.3, -0.25) is 9.59 Å². The molecular formula is C20H11NO6. The van der Waals surface area contributed by atoms with Crippen LogP contribution in [0.5, 0.6) is 0 Å². The van der Waals surface area contributed by atoms with Crippen LogP contribution in [-0.4, -0.2) is 34.0 Å². The molecule has 3 aromatic carbocycles. The van der Waals surface area contributed by atoms with E-state index in [0.717, 1.165) is 11.0 Å². The van der Waals surface area contributed by atoms with Crippen LogP contribution in [0.4, 0.5) is 5.69 Å². The Morgan fingerprint density at radius 1 is 0.778 bits per heavy atom. The molecule has 2 amide bonds. The van der Waals surface area contributed by atoms with E-state index in [1.165, 1.54) is 18.2 Å². The van der Waals surface area contributed by atoms with Crippen LogP contribution >= 0.6 is 0 Å². The summed E-state index contributed by atoms with van der Waals surface area (Å²) in [6.07, 6.45) is 0. The predicted octanol–water partition coefficient (Wildman–Crippen LogP) is 3.04. The number of para-hydroxylation sites is 1. The summed E-state index contributed by atoms with van der Waals surface area (Å²) in [7, 11) is 0. The van der Waals surface area contributed by atoms with E-state index in [0.29, 0.717) is 5.69 Å². The molecule has 0 spiro atoms.